The molecular weight excluding hydrogens is 435 g/mol. The number of fused-ring (bicyclic) bond motifs is 2. The van der Waals surface area contributed by atoms with E-state index in [0.29, 0.717) is 0 Å². The predicted octanol–water partition coefficient (Wildman–Crippen LogP) is 4.24. The first-order valence-corrected chi connectivity index (χ1v) is 12.0. The molecule has 6 nitrogen and oxygen atoms in total. The number of imidazole rings is 2. The average Bonchev–Trinajstić information content (AvgIpc) is 3.55. The maximum Gasteiger partial charge on any atom is 0.254 e. The van der Waals surface area contributed by atoms with Crippen LogP contribution in [0.1, 0.15) is 11.6 Å². The van der Waals surface area contributed by atoms with Crippen molar-refractivity contribution in [1.82, 2.24) is 19.1 Å². The quantitative estimate of drug-likeness (QED) is 0.326. The molecule has 3 aliphatic heterocycles. The van der Waals surface area contributed by atoms with Gasteiger partial charge in [-0.2, -0.15) is 0 Å². The number of rotatable bonds is 0. The summed E-state index contributed by atoms with van der Waals surface area (Å²) in [6.07, 6.45) is 0. The summed E-state index contributed by atoms with van der Waals surface area (Å²) in [6, 6.07) is 15.0. The molecule has 0 spiro atoms. The van der Waals surface area contributed by atoms with Gasteiger partial charge >= 0.3 is 0 Å². The largest absolute Gasteiger partial charge is 0.456 e. The minimum Gasteiger partial charge on any atom is -0.456 e. The fourth-order valence-electron chi connectivity index (χ4n) is 7.68. The molecule has 0 saturated carbocycles. The smallest absolute Gasteiger partial charge is 0.254 e. The molecule has 3 aliphatic rings. The second kappa shape index (κ2) is 4.55. The lowest BCUT2D eigenvalue weighted by molar-refractivity contribution is 0.663. The standard InChI is InChI=1S/C28H13BN4O2/c1-10-30-12-8-18-22-20-16(34-18)6-7-17-21(20)23-19(35-17)9-13-28-26(23)29-24-14(32(10)27(12)25(22)29)4-3-5-15(24)33(28)11(2)31-13/h3-9H,1-2H3. The van der Waals surface area contributed by atoms with Crippen molar-refractivity contribution in [3.63, 3.8) is 0 Å². The van der Waals surface area contributed by atoms with E-state index >= 15 is 0 Å². The number of hydrogen-bond donors (Lipinski definition) is 0. The molecule has 0 N–H and O–H groups in total. The van der Waals surface area contributed by atoms with Crippen LogP contribution in [0.5, 0.6) is 0 Å². The van der Waals surface area contributed by atoms with E-state index in [2.05, 4.69) is 53.3 Å². The van der Waals surface area contributed by atoms with Crippen LogP contribution in [0.2, 0.25) is 0 Å². The van der Waals surface area contributed by atoms with Crippen molar-refractivity contribution in [3.05, 3.63) is 54.1 Å². The molecule has 35 heavy (non-hydrogen) atoms. The summed E-state index contributed by atoms with van der Waals surface area (Å²) >= 11 is 0. The molecule has 4 aromatic heterocycles. The van der Waals surface area contributed by atoms with Gasteiger partial charge < -0.3 is 8.83 Å². The third-order valence-corrected chi connectivity index (χ3v) is 8.70. The van der Waals surface area contributed by atoms with Gasteiger partial charge in [-0.3, -0.25) is 9.13 Å². The Bertz CT molecular complexity index is 2250. The first-order chi connectivity index (χ1) is 17.2. The predicted molar refractivity (Wildman–Crippen MR) is 138 cm³/mol. The molecule has 0 unspecified atom stereocenters. The zero-order valence-corrected chi connectivity index (χ0v) is 18.7. The van der Waals surface area contributed by atoms with E-state index in [1.165, 1.54) is 49.6 Å². The van der Waals surface area contributed by atoms with Crippen LogP contribution in [-0.4, -0.2) is 25.8 Å². The van der Waals surface area contributed by atoms with Crippen LogP contribution in [0.3, 0.4) is 0 Å². The third kappa shape index (κ3) is 1.39. The molecule has 0 radical (unpaired) electrons. The summed E-state index contributed by atoms with van der Waals surface area (Å²) in [5, 5.41) is 4.71. The topological polar surface area (TPSA) is 61.9 Å². The first kappa shape index (κ1) is 16.2. The van der Waals surface area contributed by atoms with Crippen molar-refractivity contribution in [1.29, 1.82) is 0 Å². The number of furan rings is 2. The van der Waals surface area contributed by atoms with E-state index < -0.39 is 0 Å². The maximum atomic E-state index is 6.50. The molecule has 11 rings (SSSR count). The average molecular weight is 448 g/mol. The summed E-state index contributed by atoms with van der Waals surface area (Å²) in [4.78, 5) is 10.1. The number of nitrogens with zero attached hydrogens (tertiary/aromatic N) is 4. The van der Waals surface area contributed by atoms with E-state index in [1.807, 2.05) is 12.1 Å². The Labute approximate surface area is 196 Å². The van der Waals surface area contributed by atoms with Gasteiger partial charge in [0.25, 0.3) is 6.71 Å². The van der Waals surface area contributed by atoms with E-state index in [-0.39, 0.29) is 6.71 Å². The van der Waals surface area contributed by atoms with Gasteiger partial charge in [0.15, 0.2) is 0 Å². The SMILES string of the molecule is Cc1nc2cc3oc4ccc5oc6cc7nc(C)n8c7c7c6c5c4c3c3c2n1-c1cccc-8c1B37. The van der Waals surface area contributed by atoms with Gasteiger partial charge in [0.2, 0.25) is 0 Å². The Morgan fingerprint density at radius 1 is 0.629 bits per heavy atom. The third-order valence-electron chi connectivity index (χ3n) is 8.70. The first-order valence-electron chi connectivity index (χ1n) is 12.0. The molecule has 0 amide bonds. The van der Waals surface area contributed by atoms with Crippen LogP contribution in [0.25, 0.3) is 77.3 Å². The molecule has 0 fully saturated rings. The lowest BCUT2D eigenvalue weighted by Crippen LogP contribution is -2.59. The summed E-state index contributed by atoms with van der Waals surface area (Å²) in [7, 11) is 0. The van der Waals surface area contributed by atoms with Crippen LogP contribution in [0, 0.1) is 13.8 Å². The Hall–Kier alpha value is -4.52. The van der Waals surface area contributed by atoms with Gasteiger partial charge in [-0.05, 0) is 54.5 Å². The minimum atomic E-state index is 0.0554. The Morgan fingerprint density at radius 2 is 1.14 bits per heavy atom. The Balaban J connectivity index is 1.63. The van der Waals surface area contributed by atoms with Gasteiger partial charge in [0, 0.05) is 45.1 Å². The zero-order chi connectivity index (χ0) is 22.5. The van der Waals surface area contributed by atoms with Crippen LogP contribution < -0.4 is 16.4 Å². The normalized spacial score (nSPS) is 14.5. The molecule has 7 heteroatoms. The minimum absolute atomic E-state index is 0.0554. The van der Waals surface area contributed by atoms with Gasteiger partial charge in [0.1, 0.15) is 34.0 Å². The fraction of sp³-hybridized carbons (Fsp3) is 0.0714. The highest BCUT2D eigenvalue weighted by atomic mass is 16.3. The van der Waals surface area contributed by atoms with E-state index in [1.54, 1.807) is 0 Å². The van der Waals surface area contributed by atoms with Crippen molar-refractivity contribution in [2.24, 2.45) is 0 Å². The van der Waals surface area contributed by atoms with E-state index in [0.717, 1.165) is 55.8 Å². The molecule has 160 valence electrons. The lowest BCUT2D eigenvalue weighted by atomic mass is 9.33. The van der Waals surface area contributed by atoms with Crippen LogP contribution in [0.15, 0.2) is 51.3 Å². The lowest BCUT2D eigenvalue weighted by Gasteiger charge is -2.33. The summed E-state index contributed by atoms with van der Waals surface area (Å²) < 4.78 is 17.7. The molecule has 0 bridgehead atoms. The monoisotopic (exact) mass is 448 g/mol. The number of aromatic nitrogens is 4. The summed E-state index contributed by atoms with van der Waals surface area (Å²) in [5.74, 6) is 1.99. The van der Waals surface area contributed by atoms with Crippen LogP contribution in [-0.2, 0) is 0 Å². The fourth-order valence-corrected chi connectivity index (χ4v) is 7.68. The number of hydrogen-bond acceptors (Lipinski definition) is 4. The van der Waals surface area contributed by atoms with Gasteiger partial charge in [-0.15, -0.1) is 0 Å². The van der Waals surface area contributed by atoms with Gasteiger partial charge in [0.05, 0.1) is 22.1 Å². The molecule has 0 atom stereocenters. The second-order valence-corrected chi connectivity index (χ2v) is 10.2. The number of benzene rings is 4. The molecular formula is C28H13BN4O2. The molecule has 0 saturated heterocycles. The molecule has 7 heterocycles. The van der Waals surface area contributed by atoms with E-state index in [4.69, 9.17) is 18.8 Å². The highest BCUT2D eigenvalue weighted by molar-refractivity contribution is 7.03. The van der Waals surface area contributed by atoms with E-state index in [9.17, 15) is 0 Å². The highest BCUT2D eigenvalue weighted by Gasteiger charge is 2.45. The van der Waals surface area contributed by atoms with Crippen LogP contribution in [0.4, 0.5) is 0 Å². The van der Waals surface area contributed by atoms with Crippen LogP contribution >= 0.6 is 0 Å². The van der Waals surface area contributed by atoms with Crippen molar-refractivity contribution in [3.8, 4) is 11.4 Å². The summed E-state index contributed by atoms with van der Waals surface area (Å²) in [6.45, 7) is 4.26. The molecule has 8 aromatic rings. The zero-order valence-electron chi connectivity index (χ0n) is 18.7. The van der Waals surface area contributed by atoms with Crippen molar-refractivity contribution in [2.75, 3.05) is 0 Å². The van der Waals surface area contributed by atoms with Crippen molar-refractivity contribution >= 4 is 89.0 Å². The van der Waals surface area contributed by atoms with Crippen molar-refractivity contribution in [2.45, 2.75) is 13.8 Å². The Kier molecular flexibility index (Phi) is 2.10. The van der Waals surface area contributed by atoms with Gasteiger partial charge in [-0.1, -0.05) is 6.07 Å². The van der Waals surface area contributed by atoms with Gasteiger partial charge in [-0.25, -0.2) is 9.97 Å². The highest BCUT2D eigenvalue weighted by Crippen LogP contribution is 2.45. The summed E-state index contributed by atoms with van der Waals surface area (Å²) in [5.41, 5.74) is 14.3. The van der Waals surface area contributed by atoms with Crippen molar-refractivity contribution < 1.29 is 8.83 Å². The molecule has 0 aliphatic carbocycles. The Morgan fingerprint density at radius 3 is 1.66 bits per heavy atom. The number of aryl methyl sites for hydroxylation is 2. The second-order valence-electron chi connectivity index (χ2n) is 10.2. The maximum absolute atomic E-state index is 6.50. The molecule has 4 aromatic carbocycles.